The highest BCUT2D eigenvalue weighted by Gasteiger charge is 2.20. The van der Waals surface area contributed by atoms with Crippen LogP contribution in [-0.4, -0.2) is 37.0 Å². The minimum atomic E-state index is 0.00632. The van der Waals surface area contributed by atoms with Crippen LogP contribution in [0.2, 0.25) is 0 Å². The fourth-order valence-corrected chi connectivity index (χ4v) is 3.57. The van der Waals surface area contributed by atoms with Crippen LogP contribution in [0.3, 0.4) is 0 Å². The van der Waals surface area contributed by atoms with E-state index in [0.717, 1.165) is 64.2 Å². The van der Waals surface area contributed by atoms with Crippen LogP contribution in [0.15, 0.2) is 54.6 Å². The minimum Gasteiger partial charge on any atom is -0.494 e. The third kappa shape index (κ3) is 6.38. The summed E-state index contributed by atoms with van der Waals surface area (Å²) in [5.74, 6) is 1.40. The first-order valence-electron chi connectivity index (χ1n) is 10.5. The van der Waals surface area contributed by atoms with Crippen molar-refractivity contribution in [2.75, 3.05) is 26.2 Å². The number of hydrogen-bond donors (Lipinski definition) is 1. The lowest BCUT2D eigenvalue weighted by atomic mass is 9.96. The fourth-order valence-electron chi connectivity index (χ4n) is 3.57. The molecule has 0 atom stereocenters. The molecule has 1 fully saturated rings. The van der Waals surface area contributed by atoms with Gasteiger partial charge in [0, 0.05) is 18.7 Å². The number of nitrogens with one attached hydrogen (secondary N) is 1. The third-order valence-corrected chi connectivity index (χ3v) is 5.39. The molecule has 0 aliphatic carbocycles. The molecule has 0 spiro atoms. The molecule has 1 amide bonds. The normalized spacial score (nSPS) is 15.3. The first-order valence-corrected chi connectivity index (χ1v) is 10.5. The summed E-state index contributed by atoms with van der Waals surface area (Å²) in [5.41, 5.74) is 2.07. The van der Waals surface area contributed by atoms with Crippen LogP contribution in [-0.2, 0) is 6.54 Å². The number of rotatable bonds is 9. The van der Waals surface area contributed by atoms with E-state index < -0.39 is 0 Å². The third-order valence-electron chi connectivity index (χ3n) is 5.39. The van der Waals surface area contributed by atoms with Crippen LogP contribution in [0.5, 0.6) is 5.75 Å². The molecule has 28 heavy (non-hydrogen) atoms. The topological polar surface area (TPSA) is 41.6 Å². The average Bonchev–Trinajstić information content (AvgIpc) is 2.74. The molecular formula is C24H32N2O2. The van der Waals surface area contributed by atoms with Crippen molar-refractivity contribution >= 4 is 5.91 Å². The van der Waals surface area contributed by atoms with Gasteiger partial charge in [-0.3, -0.25) is 9.69 Å². The van der Waals surface area contributed by atoms with E-state index in [9.17, 15) is 4.79 Å². The number of carbonyl (C=O) groups is 1. The quantitative estimate of drug-likeness (QED) is 0.651. The summed E-state index contributed by atoms with van der Waals surface area (Å²) in [7, 11) is 0. The highest BCUT2D eigenvalue weighted by Crippen LogP contribution is 2.19. The highest BCUT2D eigenvalue weighted by atomic mass is 16.5. The average molecular weight is 381 g/mol. The molecule has 0 saturated carbocycles. The van der Waals surface area contributed by atoms with Gasteiger partial charge >= 0.3 is 0 Å². The van der Waals surface area contributed by atoms with Gasteiger partial charge in [0.1, 0.15) is 5.75 Å². The van der Waals surface area contributed by atoms with Crippen molar-refractivity contribution in [3.63, 3.8) is 0 Å². The zero-order valence-electron chi connectivity index (χ0n) is 16.9. The Bertz CT molecular complexity index is 707. The van der Waals surface area contributed by atoms with E-state index in [-0.39, 0.29) is 5.91 Å². The van der Waals surface area contributed by atoms with Crippen molar-refractivity contribution in [1.29, 1.82) is 0 Å². The Morgan fingerprint density at radius 2 is 1.79 bits per heavy atom. The van der Waals surface area contributed by atoms with Crippen LogP contribution >= 0.6 is 0 Å². The van der Waals surface area contributed by atoms with E-state index in [4.69, 9.17) is 4.74 Å². The number of carbonyl (C=O) groups excluding carboxylic acids is 1. The largest absolute Gasteiger partial charge is 0.494 e. The van der Waals surface area contributed by atoms with Crippen LogP contribution in [0.4, 0.5) is 0 Å². The smallest absolute Gasteiger partial charge is 0.251 e. The molecule has 0 aromatic heterocycles. The molecule has 1 aliphatic rings. The van der Waals surface area contributed by atoms with Crippen LogP contribution in [0, 0.1) is 5.92 Å². The fraction of sp³-hybridized carbons (Fsp3) is 0.458. The number of piperidine rings is 1. The summed E-state index contributed by atoms with van der Waals surface area (Å²) in [6, 6.07) is 18.1. The van der Waals surface area contributed by atoms with Gasteiger partial charge in [-0.1, -0.05) is 43.7 Å². The van der Waals surface area contributed by atoms with E-state index in [1.54, 1.807) is 0 Å². The molecule has 1 saturated heterocycles. The number of amides is 1. The molecule has 4 nitrogen and oxygen atoms in total. The SMILES string of the molecule is CCCCOc1ccc(C(=O)NCC2CCN(Cc3ccccc3)CC2)cc1. The first kappa shape index (κ1) is 20.4. The van der Waals surface area contributed by atoms with E-state index in [0.29, 0.717) is 11.5 Å². The zero-order valence-corrected chi connectivity index (χ0v) is 16.9. The van der Waals surface area contributed by atoms with E-state index >= 15 is 0 Å². The van der Waals surface area contributed by atoms with Gasteiger partial charge in [0.15, 0.2) is 0 Å². The molecule has 2 aromatic carbocycles. The lowest BCUT2D eigenvalue weighted by Crippen LogP contribution is -2.38. The number of nitrogens with zero attached hydrogens (tertiary/aromatic N) is 1. The second-order valence-electron chi connectivity index (χ2n) is 7.64. The second-order valence-corrected chi connectivity index (χ2v) is 7.64. The van der Waals surface area contributed by atoms with Crippen molar-refractivity contribution in [2.45, 2.75) is 39.2 Å². The van der Waals surface area contributed by atoms with Gasteiger partial charge in [0.2, 0.25) is 0 Å². The molecule has 1 heterocycles. The number of benzene rings is 2. The number of ether oxygens (including phenoxy) is 1. The van der Waals surface area contributed by atoms with Crippen molar-refractivity contribution in [3.05, 3.63) is 65.7 Å². The molecule has 3 rings (SSSR count). The zero-order chi connectivity index (χ0) is 19.6. The van der Waals surface area contributed by atoms with Gasteiger partial charge in [-0.2, -0.15) is 0 Å². The van der Waals surface area contributed by atoms with Crippen LogP contribution in [0.25, 0.3) is 0 Å². The van der Waals surface area contributed by atoms with Crippen LogP contribution in [0.1, 0.15) is 48.5 Å². The Hall–Kier alpha value is -2.33. The molecular weight excluding hydrogens is 348 g/mol. The van der Waals surface area contributed by atoms with Gasteiger partial charge in [-0.25, -0.2) is 0 Å². The number of hydrogen-bond acceptors (Lipinski definition) is 3. The maximum atomic E-state index is 12.4. The molecule has 2 aromatic rings. The van der Waals surface area contributed by atoms with Gasteiger partial charge in [0.25, 0.3) is 5.91 Å². The predicted octanol–water partition coefficient (Wildman–Crippen LogP) is 4.51. The standard InChI is InChI=1S/C24H32N2O2/c1-2-3-17-28-23-11-9-22(10-12-23)24(27)25-18-20-13-15-26(16-14-20)19-21-7-5-4-6-8-21/h4-12,20H,2-3,13-19H2,1H3,(H,25,27). The lowest BCUT2D eigenvalue weighted by Gasteiger charge is -2.32. The van der Waals surface area contributed by atoms with E-state index in [1.807, 2.05) is 24.3 Å². The van der Waals surface area contributed by atoms with Crippen molar-refractivity contribution < 1.29 is 9.53 Å². The van der Waals surface area contributed by atoms with Gasteiger partial charge in [-0.05, 0) is 68.1 Å². The molecule has 1 N–H and O–H groups in total. The van der Waals surface area contributed by atoms with Crippen molar-refractivity contribution in [1.82, 2.24) is 10.2 Å². The Labute approximate surface area is 168 Å². The summed E-state index contributed by atoms with van der Waals surface area (Å²) < 4.78 is 5.65. The maximum absolute atomic E-state index is 12.4. The van der Waals surface area contributed by atoms with Gasteiger partial charge in [-0.15, -0.1) is 0 Å². The highest BCUT2D eigenvalue weighted by molar-refractivity contribution is 5.94. The summed E-state index contributed by atoms with van der Waals surface area (Å²) in [6.07, 6.45) is 4.44. The summed E-state index contributed by atoms with van der Waals surface area (Å²) in [6.45, 7) is 6.84. The molecule has 1 aliphatic heterocycles. The Morgan fingerprint density at radius 1 is 1.07 bits per heavy atom. The first-order chi connectivity index (χ1) is 13.7. The minimum absolute atomic E-state index is 0.00632. The summed E-state index contributed by atoms with van der Waals surface area (Å²) in [5, 5.41) is 3.11. The molecule has 150 valence electrons. The van der Waals surface area contributed by atoms with Crippen molar-refractivity contribution in [2.24, 2.45) is 5.92 Å². The molecule has 4 heteroatoms. The Kier molecular flexibility index (Phi) is 7.92. The van der Waals surface area contributed by atoms with Crippen LogP contribution < -0.4 is 10.1 Å². The lowest BCUT2D eigenvalue weighted by molar-refractivity contribution is 0.0935. The molecule has 0 bridgehead atoms. The predicted molar refractivity (Wildman–Crippen MR) is 114 cm³/mol. The molecule has 0 radical (unpaired) electrons. The van der Waals surface area contributed by atoms with E-state index in [1.165, 1.54) is 5.56 Å². The Balaban J connectivity index is 1.37. The Morgan fingerprint density at radius 3 is 2.46 bits per heavy atom. The number of unbranched alkanes of at least 4 members (excludes halogenated alkanes) is 1. The maximum Gasteiger partial charge on any atom is 0.251 e. The summed E-state index contributed by atoms with van der Waals surface area (Å²) >= 11 is 0. The summed E-state index contributed by atoms with van der Waals surface area (Å²) in [4.78, 5) is 14.9. The van der Waals surface area contributed by atoms with E-state index in [2.05, 4.69) is 47.5 Å². The second kappa shape index (κ2) is 10.9. The molecule has 0 unspecified atom stereocenters. The van der Waals surface area contributed by atoms with Gasteiger partial charge in [0.05, 0.1) is 6.61 Å². The monoisotopic (exact) mass is 380 g/mol. The number of likely N-dealkylation sites (tertiary alicyclic amines) is 1. The van der Waals surface area contributed by atoms with Crippen molar-refractivity contribution in [3.8, 4) is 5.75 Å². The van der Waals surface area contributed by atoms with Gasteiger partial charge < -0.3 is 10.1 Å².